The Morgan fingerprint density at radius 1 is 1.37 bits per heavy atom. The molecule has 0 aromatic heterocycles. The molecule has 0 aromatic carbocycles. The Morgan fingerprint density at radius 2 is 2.05 bits per heavy atom. The summed E-state index contributed by atoms with van der Waals surface area (Å²) in [6.07, 6.45) is 4.24. The lowest BCUT2D eigenvalue weighted by atomic mass is 9.79. The van der Waals surface area contributed by atoms with E-state index in [9.17, 15) is 4.79 Å². The Morgan fingerprint density at radius 3 is 2.68 bits per heavy atom. The molecule has 0 spiro atoms. The number of nitrogens with one attached hydrogen (secondary N) is 2. The molecule has 0 aromatic rings. The van der Waals surface area contributed by atoms with Crippen LogP contribution in [0.2, 0.25) is 0 Å². The molecule has 2 rings (SSSR count). The zero-order chi connectivity index (χ0) is 13.6. The van der Waals surface area contributed by atoms with E-state index in [0.29, 0.717) is 0 Å². The van der Waals surface area contributed by atoms with Crippen molar-refractivity contribution in [2.75, 3.05) is 44.9 Å². The summed E-state index contributed by atoms with van der Waals surface area (Å²) in [7, 11) is 1.75. The summed E-state index contributed by atoms with van der Waals surface area (Å²) < 4.78 is 5.38. The van der Waals surface area contributed by atoms with Gasteiger partial charge in [0.05, 0.1) is 6.61 Å². The highest BCUT2D eigenvalue weighted by atomic mass is 32.2. The standard InChI is InChI=1S/C14H26N2O2S/c1-18-11-14(4-6-15-7-5-14)10-16-13(17)12-2-8-19-9-3-12/h12,15H,2-11H2,1H3,(H,16,17). The molecular formula is C14H26N2O2S. The summed E-state index contributed by atoms with van der Waals surface area (Å²) in [5.41, 5.74) is 0.138. The average molecular weight is 286 g/mol. The smallest absolute Gasteiger partial charge is 0.223 e. The van der Waals surface area contributed by atoms with Crippen LogP contribution in [0.4, 0.5) is 0 Å². The average Bonchev–Trinajstić information content (AvgIpc) is 2.47. The van der Waals surface area contributed by atoms with Crippen LogP contribution in [0.1, 0.15) is 25.7 Å². The van der Waals surface area contributed by atoms with Crippen molar-refractivity contribution in [3.8, 4) is 0 Å². The van der Waals surface area contributed by atoms with Crippen LogP contribution in [-0.4, -0.2) is 50.8 Å². The van der Waals surface area contributed by atoms with Crippen LogP contribution in [0.3, 0.4) is 0 Å². The lowest BCUT2D eigenvalue weighted by Crippen LogP contribution is -2.48. The summed E-state index contributed by atoms with van der Waals surface area (Å²) in [6, 6.07) is 0. The van der Waals surface area contributed by atoms with Gasteiger partial charge in [0.1, 0.15) is 0 Å². The van der Waals surface area contributed by atoms with Gasteiger partial charge < -0.3 is 15.4 Å². The first-order valence-corrected chi connectivity index (χ1v) is 8.46. The number of ether oxygens (including phenoxy) is 1. The maximum Gasteiger partial charge on any atom is 0.223 e. The number of carbonyl (C=O) groups is 1. The molecular weight excluding hydrogens is 260 g/mol. The molecule has 5 heteroatoms. The van der Waals surface area contributed by atoms with Gasteiger partial charge in [-0.3, -0.25) is 4.79 Å². The second-order valence-electron chi connectivity index (χ2n) is 5.79. The Hall–Kier alpha value is -0.260. The Bertz CT molecular complexity index is 282. The molecule has 0 bridgehead atoms. The molecule has 2 aliphatic heterocycles. The lowest BCUT2D eigenvalue weighted by Gasteiger charge is -2.37. The van der Waals surface area contributed by atoms with Crippen LogP contribution in [0.15, 0.2) is 0 Å². The lowest BCUT2D eigenvalue weighted by molar-refractivity contribution is -0.126. The van der Waals surface area contributed by atoms with Gasteiger partial charge in [0, 0.05) is 25.0 Å². The van der Waals surface area contributed by atoms with E-state index in [-0.39, 0.29) is 17.2 Å². The van der Waals surface area contributed by atoms with E-state index in [1.54, 1.807) is 7.11 Å². The van der Waals surface area contributed by atoms with Crippen LogP contribution in [0, 0.1) is 11.3 Å². The van der Waals surface area contributed by atoms with Gasteiger partial charge in [-0.2, -0.15) is 11.8 Å². The molecule has 0 radical (unpaired) electrons. The number of thioether (sulfide) groups is 1. The molecule has 2 N–H and O–H groups in total. The molecule has 2 saturated heterocycles. The van der Waals surface area contributed by atoms with Crippen molar-refractivity contribution in [1.82, 2.24) is 10.6 Å². The molecule has 0 unspecified atom stereocenters. The van der Waals surface area contributed by atoms with Crippen molar-refractivity contribution >= 4 is 17.7 Å². The summed E-state index contributed by atoms with van der Waals surface area (Å²) in [5, 5.41) is 6.57. The number of hydrogen-bond donors (Lipinski definition) is 2. The molecule has 110 valence electrons. The van der Waals surface area contributed by atoms with Gasteiger partial charge >= 0.3 is 0 Å². The number of piperidine rings is 1. The predicted molar refractivity (Wildman–Crippen MR) is 79.5 cm³/mol. The van der Waals surface area contributed by atoms with Gasteiger partial charge in [0.2, 0.25) is 5.91 Å². The van der Waals surface area contributed by atoms with E-state index in [0.717, 1.165) is 63.4 Å². The summed E-state index contributed by atoms with van der Waals surface area (Å²) in [6.45, 7) is 3.57. The number of rotatable bonds is 5. The molecule has 0 atom stereocenters. The van der Waals surface area contributed by atoms with E-state index in [2.05, 4.69) is 10.6 Å². The number of hydrogen-bond acceptors (Lipinski definition) is 4. The minimum absolute atomic E-state index is 0.138. The van der Waals surface area contributed by atoms with Gasteiger partial charge in [-0.05, 0) is 50.3 Å². The van der Waals surface area contributed by atoms with Gasteiger partial charge in [0.25, 0.3) is 0 Å². The van der Waals surface area contributed by atoms with Crippen LogP contribution in [-0.2, 0) is 9.53 Å². The van der Waals surface area contributed by atoms with E-state index in [1.165, 1.54) is 0 Å². The van der Waals surface area contributed by atoms with Crippen molar-refractivity contribution in [2.45, 2.75) is 25.7 Å². The van der Waals surface area contributed by atoms with E-state index in [4.69, 9.17) is 4.74 Å². The van der Waals surface area contributed by atoms with Crippen LogP contribution in [0.5, 0.6) is 0 Å². The largest absolute Gasteiger partial charge is 0.384 e. The SMILES string of the molecule is COCC1(CNC(=O)C2CCSCC2)CCNCC1. The fourth-order valence-corrected chi connectivity index (χ4v) is 4.12. The first-order valence-electron chi connectivity index (χ1n) is 7.31. The highest BCUT2D eigenvalue weighted by Gasteiger charge is 2.33. The third-order valence-electron chi connectivity index (χ3n) is 4.34. The van der Waals surface area contributed by atoms with Gasteiger partial charge in [-0.25, -0.2) is 0 Å². The third kappa shape index (κ3) is 4.36. The highest BCUT2D eigenvalue weighted by Crippen LogP contribution is 2.29. The second kappa shape index (κ2) is 7.50. The molecule has 2 heterocycles. The van der Waals surface area contributed by atoms with Gasteiger partial charge in [-0.15, -0.1) is 0 Å². The number of amides is 1. The quantitative estimate of drug-likeness (QED) is 0.799. The maximum absolute atomic E-state index is 12.2. The first-order chi connectivity index (χ1) is 9.26. The second-order valence-corrected chi connectivity index (χ2v) is 7.01. The van der Waals surface area contributed by atoms with Crippen molar-refractivity contribution in [1.29, 1.82) is 0 Å². The first kappa shape index (κ1) is 15.1. The monoisotopic (exact) mass is 286 g/mol. The maximum atomic E-state index is 12.2. The molecule has 0 aliphatic carbocycles. The van der Waals surface area contributed by atoms with E-state index in [1.807, 2.05) is 11.8 Å². The summed E-state index contributed by atoms with van der Waals surface area (Å²) >= 11 is 1.96. The Balaban J connectivity index is 1.82. The van der Waals surface area contributed by atoms with Gasteiger partial charge in [-0.1, -0.05) is 0 Å². The van der Waals surface area contributed by atoms with Crippen LogP contribution >= 0.6 is 11.8 Å². The normalized spacial score (nSPS) is 24.1. The molecule has 2 fully saturated rings. The number of carbonyl (C=O) groups excluding carboxylic acids is 1. The van der Waals surface area contributed by atoms with Crippen LogP contribution in [0.25, 0.3) is 0 Å². The third-order valence-corrected chi connectivity index (χ3v) is 5.39. The summed E-state index contributed by atoms with van der Waals surface area (Å²) in [4.78, 5) is 12.2. The highest BCUT2D eigenvalue weighted by molar-refractivity contribution is 7.99. The molecule has 19 heavy (non-hydrogen) atoms. The van der Waals surface area contributed by atoms with Crippen molar-refractivity contribution < 1.29 is 9.53 Å². The van der Waals surface area contributed by atoms with E-state index < -0.39 is 0 Å². The minimum atomic E-state index is 0.138. The molecule has 4 nitrogen and oxygen atoms in total. The fourth-order valence-electron chi connectivity index (χ4n) is 3.01. The molecule has 1 amide bonds. The zero-order valence-corrected chi connectivity index (χ0v) is 12.7. The minimum Gasteiger partial charge on any atom is -0.384 e. The van der Waals surface area contributed by atoms with Crippen LogP contribution < -0.4 is 10.6 Å². The summed E-state index contributed by atoms with van der Waals surface area (Å²) in [5.74, 6) is 2.76. The van der Waals surface area contributed by atoms with Crippen molar-refractivity contribution in [2.24, 2.45) is 11.3 Å². The predicted octanol–water partition coefficient (Wildman–Crippen LogP) is 1.26. The zero-order valence-electron chi connectivity index (χ0n) is 11.9. The van der Waals surface area contributed by atoms with Crippen molar-refractivity contribution in [3.63, 3.8) is 0 Å². The Kier molecular flexibility index (Phi) is 5.98. The van der Waals surface area contributed by atoms with Gasteiger partial charge in [0.15, 0.2) is 0 Å². The Labute approximate surface area is 120 Å². The topological polar surface area (TPSA) is 50.4 Å². The molecule has 2 aliphatic rings. The van der Waals surface area contributed by atoms with Crippen molar-refractivity contribution in [3.05, 3.63) is 0 Å². The number of methoxy groups -OCH3 is 1. The molecule has 0 saturated carbocycles. The fraction of sp³-hybridized carbons (Fsp3) is 0.929. The van der Waals surface area contributed by atoms with E-state index >= 15 is 0 Å².